The normalized spacial score (nSPS) is 12.6. The molecule has 1 aromatic rings. The summed E-state index contributed by atoms with van der Waals surface area (Å²) in [7, 11) is 4.77. The van der Waals surface area contributed by atoms with Crippen LogP contribution in [0.25, 0.3) is 0 Å². The number of methoxy groups -OCH3 is 2. The smallest absolute Gasteiger partial charge is 0.148 e. The number of aliphatic imine (C=N–C) groups is 2. The molecule has 0 amide bonds. The molecule has 0 heterocycles. The molecular formula is C15H21FN2O3S. The zero-order valence-corrected chi connectivity index (χ0v) is 14.1. The molecule has 1 aromatic carbocycles. The summed E-state index contributed by atoms with van der Waals surface area (Å²) < 4.78 is 28.2. The number of nitrogens with zero attached hydrogens (tertiary/aromatic N) is 2. The Labute approximate surface area is 134 Å². The van der Waals surface area contributed by atoms with Crippen molar-refractivity contribution in [2.24, 2.45) is 9.98 Å². The molecule has 1 rings (SSSR count). The van der Waals surface area contributed by atoms with Gasteiger partial charge in [-0.15, -0.1) is 11.8 Å². The lowest BCUT2D eigenvalue weighted by atomic mass is 10.1. The molecule has 0 N–H and O–H groups in total. The van der Waals surface area contributed by atoms with Gasteiger partial charge in [-0.3, -0.25) is 4.99 Å². The molecule has 0 atom stereocenters. The van der Waals surface area contributed by atoms with Gasteiger partial charge in [0, 0.05) is 19.7 Å². The summed E-state index contributed by atoms with van der Waals surface area (Å²) in [6, 6.07) is 5.21. The van der Waals surface area contributed by atoms with E-state index in [0.717, 1.165) is 5.56 Å². The van der Waals surface area contributed by atoms with Crippen molar-refractivity contribution < 1.29 is 18.6 Å². The van der Waals surface area contributed by atoms with E-state index in [0.29, 0.717) is 22.1 Å². The van der Waals surface area contributed by atoms with Crippen LogP contribution in [-0.4, -0.2) is 51.8 Å². The van der Waals surface area contributed by atoms with E-state index in [9.17, 15) is 4.39 Å². The number of ether oxygens (including phenoxy) is 3. The number of thioether (sulfide) groups is 1. The first-order chi connectivity index (χ1) is 10.7. The molecule has 0 aliphatic rings. The summed E-state index contributed by atoms with van der Waals surface area (Å²) in [5, 5.41) is 0.705. The predicted molar refractivity (Wildman–Crippen MR) is 89.0 cm³/mol. The van der Waals surface area contributed by atoms with Crippen molar-refractivity contribution in [2.75, 3.05) is 41.0 Å². The van der Waals surface area contributed by atoms with Gasteiger partial charge in [0.25, 0.3) is 0 Å². The lowest BCUT2D eigenvalue weighted by Gasteiger charge is -2.11. The number of hydrogen-bond acceptors (Lipinski definition) is 6. The molecule has 7 heteroatoms. The van der Waals surface area contributed by atoms with Crippen molar-refractivity contribution in [1.29, 1.82) is 0 Å². The van der Waals surface area contributed by atoms with Gasteiger partial charge in [0.05, 0.1) is 12.8 Å². The van der Waals surface area contributed by atoms with E-state index < -0.39 is 6.67 Å². The predicted octanol–water partition coefficient (Wildman–Crippen LogP) is 2.92. The number of rotatable bonds is 8. The zero-order valence-electron chi connectivity index (χ0n) is 13.3. The highest BCUT2D eigenvalue weighted by molar-refractivity contribution is 8.15. The first-order valence-corrected chi connectivity index (χ1v) is 7.79. The molecule has 0 radical (unpaired) electrons. The largest absolute Gasteiger partial charge is 0.497 e. The molecule has 0 spiro atoms. The third-order valence-electron chi connectivity index (χ3n) is 2.75. The Hall–Kier alpha value is -1.44. The molecule has 5 nitrogen and oxygen atoms in total. The molecule has 0 bridgehead atoms. The van der Waals surface area contributed by atoms with Crippen LogP contribution < -0.4 is 4.74 Å². The van der Waals surface area contributed by atoms with Crippen molar-refractivity contribution in [2.45, 2.75) is 6.67 Å². The van der Waals surface area contributed by atoms with Gasteiger partial charge in [-0.05, 0) is 30.0 Å². The van der Waals surface area contributed by atoms with E-state index in [2.05, 4.69) is 9.98 Å². The second-order valence-corrected chi connectivity index (χ2v) is 4.98. The Morgan fingerprint density at radius 1 is 1.27 bits per heavy atom. The molecule has 122 valence electrons. The van der Waals surface area contributed by atoms with E-state index in [1.807, 2.05) is 12.3 Å². The minimum atomic E-state index is -0.566. The van der Waals surface area contributed by atoms with Crippen molar-refractivity contribution in [3.8, 4) is 5.75 Å². The maximum atomic E-state index is 13.0. The van der Waals surface area contributed by atoms with Crippen LogP contribution >= 0.6 is 11.8 Å². The Balaban J connectivity index is 3.08. The Kier molecular flexibility index (Phi) is 8.72. The lowest BCUT2D eigenvalue weighted by Crippen LogP contribution is -2.14. The van der Waals surface area contributed by atoms with Crippen LogP contribution in [0.2, 0.25) is 0 Å². The Morgan fingerprint density at radius 2 is 2.05 bits per heavy atom. The monoisotopic (exact) mass is 328 g/mol. The molecule has 0 saturated heterocycles. The van der Waals surface area contributed by atoms with Crippen LogP contribution in [0.1, 0.15) is 11.1 Å². The molecule has 0 saturated carbocycles. The van der Waals surface area contributed by atoms with Gasteiger partial charge in [-0.2, -0.15) is 0 Å². The van der Waals surface area contributed by atoms with Crippen molar-refractivity contribution in [3.63, 3.8) is 0 Å². The quantitative estimate of drug-likeness (QED) is 0.319. The first-order valence-electron chi connectivity index (χ1n) is 6.56. The number of hydrogen-bond donors (Lipinski definition) is 0. The minimum absolute atomic E-state index is 0.170. The van der Waals surface area contributed by atoms with Gasteiger partial charge in [-0.25, -0.2) is 9.38 Å². The fourth-order valence-corrected chi connectivity index (χ4v) is 2.39. The van der Waals surface area contributed by atoms with E-state index in [4.69, 9.17) is 14.2 Å². The fourth-order valence-electron chi connectivity index (χ4n) is 1.80. The Morgan fingerprint density at radius 3 is 2.59 bits per heavy atom. The van der Waals surface area contributed by atoms with Crippen LogP contribution in [0.15, 0.2) is 28.2 Å². The van der Waals surface area contributed by atoms with E-state index in [1.165, 1.54) is 11.8 Å². The van der Waals surface area contributed by atoms with Gasteiger partial charge in [0.1, 0.15) is 31.0 Å². The highest BCUT2D eigenvalue weighted by Gasteiger charge is 2.13. The Bertz CT molecular complexity index is 513. The summed E-state index contributed by atoms with van der Waals surface area (Å²) in [5.41, 5.74) is 1.96. The van der Waals surface area contributed by atoms with Gasteiger partial charge in [0.2, 0.25) is 0 Å². The second-order valence-electron chi connectivity index (χ2n) is 4.18. The first kappa shape index (κ1) is 18.6. The number of halogens is 1. The number of alkyl halides is 1. The van der Waals surface area contributed by atoms with Gasteiger partial charge < -0.3 is 14.2 Å². The average molecular weight is 328 g/mol. The summed E-state index contributed by atoms with van der Waals surface area (Å²) in [6.45, 7) is -0.220. The third kappa shape index (κ3) is 5.40. The molecule has 0 aromatic heterocycles. The average Bonchev–Trinajstić information content (AvgIpc) is 2.57. The van der Waals surface area contributed by atoms with Gasteiger partial charge >= 0.3 is 0 Å². The van der Waals surface area contributed by atoms with Crippen molar-refractivity contribution in [1.82, 2.24) is 0 Å². The van der Waals surface area contributed by atoms with Crippen LogP contribution in [-0.2, 0) is 16.1 Å². The molecule has 0 aliphatic carbocycles. The molecule has 0 aliphatic heterocycles. The SMILES string of the molecule is CN=C(/C(=N/COCOC)SC)c1cc(CF)cc(OC)c1. The molecule has 0 fully saturated rings. The fraction of sp³-hybridized carbons (Fsp3) is 0.467. The zero-order chi connectivity index (χ0) is 16.4. The lowest BCUT2D eigenvalue weighted by molar-refractivity contribution is -0.0270. The number of benzene rings is 1. The molecular weight excluding hydrogens is 307 g/mol. The summed E-state index contributed by atoms with van der Waals surface area (Å²) in [4.78, 5) is 8.63. The maximum Gasteiger partial charge on any atom is 0.148 e. The highest BCUT2D eigenvalue weighted by Crippen LogP contribution is 2.20. The summed E-state index contributed by atoms with van der Waals surface area (Å²) >= 11 is 1.45. The van der Waals surface area contributed by atoms with Crippen LogP contribution in [0, 0.1) is 0 Å². The van der Waals surface area contributed by atoms with Gasteiger partial charge in [-0.1, -0.05) is 0 Å². The topological polar surface area (TPSA) is 52.4 Å². The molecule has 22 heavy (non-hydrogen) atoms. The summed E-state index contributed by atoms with van der Waals surface area (Å²) in [5.74, 6) is 0.586. The molecule has 0 unspecified atom stereocenters. The van der Waals surface area contributed by atoms with Crippen molar-refractivity contribution in [3.05, 3.63) is 29.3 Å². The van der Waals surface area contributed by atoms with Crippen molar-refractivity contribution >= 4 is 22.5 Å². The van der Waals surface area contributed by atoms with Gasteiger partial charge in [0.15, 0.2) is 0 Å². The van der Waals surface area contributed by atoms with E-state index >= 15 is 0 Å². The summed E-state index contributed by atoms with van der Waals surface area (Å²) in [6.07, 6.45) is 1.90. The second kappa shape index (κ2) is 10.3. The van der Waals surface area contributed by atoms with Crippen LogP contribution in [0.4, 0.5) is 4.39 Å². The van der Waals surface area contributed by atoms with E-state index in [-0.39, 0.29) is 13.5 Å². The van der Waals surface area contributed by atoms with E-state index in [1.54, 1.807) is 33.4 Å². The highest BCUT2D eigenvalue weighted by atomic mass is 32.2. The van der Waals surface area contributed by atoms with Crippen LogP contribution in [0.3, 0.4) is 0 Å². The minimum Gasteiger partial charge on any atom is -0.497 e. The standard InChI is InChI=1S/C15H21FN2O3S/c1-17-14(15(22-4)18-9-21-10-19-2)12-5-11(8-16)6-13(7-12)20-3/h5-7H,8-10H2,1-4H3/b17-14?,18-15-. The maximum absolute atomic E-state index is 13.0. The van der Waals surface area contributed by atoms with Crippen LogP contribution in [0.5, 0.6) is 5.75 Å². The third-order valence-corrected chi connectivity index (χ3v) is 3.46.